The van der Waals surface area contributed by atoms with E-state index in [4.69, 9.17) is 5.73 Å². The van der Waals surface area contributed by atoms with Gasteiger partial charge in [0.2, 0.25) is 0 Å². The summed E-state index contributed by atoms with van der Waals surface area (Å²) in [6, 6.07) is 10.8. The van der Waals surface area contributed by atoms with Crippen molar-refractivity contribution < 1.29 is 0 Å². The Hall–Kier alpha value is -1.81. The van der Waals surface area contributed by atoms with Crippen LogP contribution in [0.4, 0.5) is 5.82 Å². The molecule has 18 heavy (non-hydrogen) atoms. The summed E-state index contributed by atoms with van der Waals surface area (Å²) in [5.74, 6) is 0.999. The molecular weight excluding hydrogens is 224 g/mol. The molecule has 1 unspecified atom stereocenters. The number of benzene rings is 1. The summed E-state index contributed by atoms with van der Waals surface area (Å²) in [7, 11) is 0. The van der Waals surface area contributed by atoms with Crippen molar-refractivity contribution in [1.29, 1.82) is 0 Å². The fourth-order valence-electron chi connectivity index (χ4n) is 2.43. The second-order valence-electron chi connectivity index (χ2n) is 5.00. The molecule has 3 rings (SSSR count). The third-order valence-electron chi connectivity index (χ3n) is 3.44. The zero-order chi connectivity index (χ0) is 12.5. The minimum absolute atomic E-state index is 0.282. The highest BCUT2D eigenvalue weighted by Gasteiger charge is 2.21. The van der Waals surface area contributed by atoms with Gasteiger partial charge < -0.3 is 10.6 Å². The molecule has 4 nitrogen and oxygen atoms in total. The predicted octanol–water partition coefficient (Wildman–Crippen LogP) is 1.92. The standard InChI is InChI=1S/C14H18N4/c1-10-3-2-4-11(7-10)13-8-14(17-16-13)18-6-5-12(15)9-18/h2-4,7-8,12H,5-6,9,15H2,1H3,(H,16,17). The molecule has 1 aromatic heterocycles. The molecule has 3 N–H and O–H groups in total. The van der Waals surface area contributed by atoms with Crippen molar-refractivity contribution in [1.82, 2.24) is 10.2 Å². The lowest BCUT2D eigenvalue weighted by molar-refractivity contribution is 0.751. The monoisotopic (exact) mass is 242 g/mol. The Balaban J connectivity index is 1.85. The minimum atomic E-state index is 0.282. The van der Waals surface area contributed by atoms with Gasteiger partial charge in [0.15, 0.2) is 5.82 Å². The minimum Gasteiger partial charge on any atom is -0.354 e. The van der Waals surface area contributed by atoms with Crippen molar-refractivity contribution in [3.8, 4) is 11.3 Å². The normalized spacial score (nSPS) is 19.4. The predicted molar refractivity (Wildman–Crippen MR) is 73.6 cm³/mol. The zero-order valence-electron chi connectivity index (χ0n) is 10.6. The molecule has 2 heterocycles. The molecule has 0 aliphatic carbocycles. The highest BCUT2D eigenvalue weighted by atomic mass is 15.3. The van der Waals surface area contributed by atoms with Crippen molar-refractivity contribution in [2.24, 2.45) is 5.73 Å². The quantitative estimate of drug-likeness (QED) is 0.846. The van der Waals surface area contributed by atoms with E-state index in [2.05, 4.69) is 52.4 Å². The molecule has 4 heteroatoms. The highest BCUT2D eigenvalue weighted by Crippen LogP contribution is 2.24. The second-order valence-corrected chi connectivity index (χ2v) is 5.00. The van der Waals surface area contributed by atoms with Crippen LogP contribution < -0.4 is 10.6 Å². The largest absolute Gasteiger partial charge is 0.354 e. The van der Waals surface area contributed by atoms with Gasteiger partial charge in [-0.05, 0) is 25.0 Å². The van der Waals surface area contributed by atoms with E-state index in [1.54, 1.807) is 0 Å². The van der Waals surface area contributed by atoms with E-state index in [1.807, 2.05) is 0 Å². The van der Waals surface area contributed by atoms with Crippen LogP contribution in [0, 0.1) is 6.92 Å². The van der Waals surface area contributed by atoms with Crippen molar-refractivity contribution >= 4 is 5.82 Å². The van der Waals surface area contributed by atoms with Crippen LogP contribution in [0.5, 0.6) is 0 Å². The summed E-state index contributed by atoms with van der Waals surface area (Å²) in [5.41, 5.74) is 9.42. The number of hydrogen-bond acceptors (Lipinski definition) is 3. The van der Waals surface area contributed by atoms with Gasteiger partial charge in [-0.3, -0.25) is 5.10 Å². The van der Waals surface area contributed by atoms with E-state index in [0.29, 0.717) is 0 Å². The summed E-state index contributed by atoms with van der Waals surface area (Å²) in [6.45, 7) is 4.00. The van der Waals surface area contributed by atoms with Gasteiger partial charge in [-0.1, -0.05) is 23.8 Å². The fourth-order valence-corrected chi connectivity index (χ4v) is 2.43. The van der Waals surface area contributed by atoms with E-state index >= 15 is 0 Å². The maximum absolute atomic E-state index is 5.92. The van der Waals surface area contributed by atoms with Crippen molar-refractivity contribution in [3.05, 3.63) is 35.9 Å². The first-order valence-corrected chi connectivity index (χ1v) is 6.35. The molecule has 1 aromatic carbocycles. The van der Waals surface area contributed by atoms with Gasteiger partial charge in [0.1, 0.15) is 0 Å². The van der Waals surface area contributed by atoms with Crippen LogP contribution in [0.3, 0.4) is 0 Å². The summed E-state index contributed by atoms with van der Waals surface area (Å²) in [6.07, 6.45) is 1.05. The molecule has 1 fully saturated rings. The van der Waals surface area contributed by atoms with Gasteiger partial charge in [-0.2, -0.15) is 5.10 Å². The Morgan fingerprint density at radius 1 is 1.39 bits per heavy atom. The summed E-state index contributed by atoms with van der Waals surface area (Å²) in [5, 5.41) is 7.49. The van der Waals surface area contributed by atoms with Crippen LogP contribution in [0.1, 0.15) is 12.0 Å². The molecule has 94 valence electrons. The van der Waals surface area contributed by atoms with Gasteiger partial charge in [-0.25, -0.2) is 0 Å². The van der Waals surface area contributed by atoms with Crippen LogP contribution >= 0.6 is 0 Å². The van der Waals surface area contributed by atoms with E-state index in [9.17, 15) is 0 Å². The number of nitrogens with one attached hydrogen (secondary N) is 1. The first kappa shape index (κ1) is 11.3. The first-order valence-electron chi connectivity index (χ1n) is 6.35. The molecule has 1 aliphatic rings. The number of hydrogen-bond donors (Lipinski definition) is 2. The third kappa shape index (κ3) is 2.11. The lowest BCUT2D eigenvalue weighted by Gasteiger charge is -2.13. The smallest absolute Gasteiger partial charge is 0.151 e. The number of aromatic nitrogens is 2. The maximum atomic E-state index is 5.92. The third-order valence-corrected chi connectivity index (χ3v) is 3.44. The van der Waals surface area contributed by atoms with Crippen LogP contribution in [0.25, 0.3) is 11.3 Å². The molecule has 0 radical (unpaired) electrons. The van der Waals surface area contributed by atoms with Crippen molar-refractivity contribution in [3.63, 3.8) is 0 Å². The molecule has 1 atom stereocenters. The lowest BCUT2D eigenvalue weighted by Crippen LogP contribution is -2.26. The Kier molecular flexibility index (Phi) is 2.80. The molecule has 0 bridgehead atoms. The Morgan fingerprint density at radius 2 is 2.28 bits per heavy atom. The van der Waals surface area contributed by atoms with Crippen LogP contribution in [0.15, 0.2) is 30.3 Å². The number of aryl methyl sites for hydroxylation is 1. The first-order chi connectivity index (χ1) is 8.72. The van der Waals surface area contributed by atoms with Crippen molar-refractivity contribution in [2.75, 3.05) is 18.0 Å². The van der Waals surface area contributed by atoms with Gasteiger partial charge >= 0.3 is 0 Å². The summed E-state index contributed by atoms with van der Waals surface area (Å²) in [4.78, 5) is 2.24. The highest BCUT2D eigenvalue weighted by molar-refractivity contribution is 5.64. The number of nitrogens with zero attached hydrogens (tertiary/aromatic N) is 2. The average Bonchev–Trinajstić information content (AvgIpc) is 2.97. The van der Waals surface area contributed by atoms with E-state index in [-0.39, 0.29) is 6.04 Å². The Morgan fingerprint density at radius 3 is 3.00 bits per heavy atom. The topological polar surface area (TPSA) is 57.9 Å². The summed E-state index contributed by atoms with van der Waals surface area (Å²) >= 11 is 0. The van der Waals surface area contributed by atoms with E-state index in [1.165, 1.54) is 11.1 Å². The van der Waals surface area contributed by atoms with Gasteiger partial charge in [0, 0.05) is 25.2 Å². The SMILES string of the molecule is Cc1cccc(-c2cc(N3CCC(N)C3)n[nH]2)c1. The Labute approximate surface area is 107 Å². The van der Waals surface area contributed by atoms with E-state index in [0.717, 1.165) is 31.0 Å². The second kappa shape index (κ2) is 4.46. The van der Waals surface area contributed by atoms with Crippen molar-refractivity contribution in [2.45, 2.75) is 19.4 Å². The molecule has 0 saturated carbocycles. The van der Waals surface area contributed by atoms with Crippen LogP contribution in [-0.4, -0.2) is 29.3 Å². The van der Waals surface area contributed by atoms with Gasteiger partial charge in [0.25, 0.3) is 0 Å². The van der Waals surface area contributed by atoms with E-state index < -0.39 is 0 Å². The number of rotatable bonds is 2. The van der Waals surface area contributed by atoms with Crippen LogP contribution in [-0.2, 0) is 0 Å². The number of anilines is 1. The maximum Gasteiger partial charge on any atom is 0.151 e. The molecule has 0 spiro atoms. The molecule has 0 amide bonds. The van der Waals surface area contributed by atoms with Crippen LogP contribution in [0.2, 0.25) is 0 Å². The molecule has 1 saturated heterocycles. The number of aromatic amines is 1. The zero-order valence-corrected chi connectivity index (χ0v) is 10.6. The van der Waals surface area contributed by atoms with Gasteiger partial charge in [-0.15, -0.1) is 0 Å². The molecule has 2 aromatic rings. The summed E-state index contributed by atoms with van der Waals surface area (Å²) < 4.78 is 0. The number of H-pyrrole nitrogens is 1. The Bertz CT molecular complexity index is 546. The molecule has 1 aliphatic heterocycles. The molecular formula is C14H18N4. The lowest BCUT2D eigenvalue weighted by atomic mass is 10.1. The average molecular weight is 242 g/mol. The van der Waals surface area contributed by atoms with Gasteiger partial charge in [0.05, 0.1) is 5.69 Å². The fraction of sp³-hybridized carbons (Fsp3) is 0.357. The number of nitrogens with two attached hydrogens (primary N) is 1.